The van der Waals surface area contributed by atoms with Crippen LogP contribution in [0, 0.1) is 17.8 Å². The average Bonchev–Trinajstić information content (AvgIpc) is 3.10. The zero-order chi connectivity index (χ0) is 25.4. The van der Waals surface area contributed by atoms with Gasteiger partial charge in [0.05, 0.1) is 17.9 Å². The van der Waals surface area contributed by atoms with Gasteiger partial charge in [0.1, 0.15) is 5.75 Å². The first-order valence-electron chi connectivity index (χ1n) is 12.8. The molecule has 2 aromatic carbocycles. The topological polar surface area (TPSA) is 87.1 Å². The smallest absolute Gasteiger partial charge is 0.455 e. The molecule has 2 amide bonds. The molecule has 0 bridgehead atoms. The van der Waals surface area contributed by atoms with Crippen LogP contribution in [-0.4, -0.2) is 47.1 Å². The highest BCUT2D eigenvalue weighted by Crippen LogP contribution is 2.51. The number of allylic oxidation sites excluding steroid dienone is 2. The van der Waals surface area contributed by atoms with Gasteiger partial charge in [0.2, 0.25) is 11.8 Å². The minimum absolute atomic E-state index is 0.104. The van der Waals surface area contributed by atoms with Crippen LogP contribution in [0.5, 0.6) is 5.75 Å². The number of hydrogen-bond acceptors (Lipinski definition) is 5. The van der Waals surface area contributed by atoms with Crippen molar-refractivity contribution in [1.29, 1.82) is 0 Å². The van der Waals surface area contributed by atoms with Gasteiger partial charge >= 0.3 is 7.12 Å². The maximum Gasteiger partial charge on any atom is 0.455 e. The van der Waals surface area contributed by atoms with E-state index in [0.717, 1.165) is 28.7 Å². The van der Waals surface area contributed by atoms with Gasteiger partial charge in [-0.2, -0.15) is 0 Å². The lowest BCUT2D eigenvalue weighted by Crippen LogP contribution is -2.46. The molecule has 36 heavy (non-hydrogen) atoms. The number of amides is 2. The number of likely N-dealkylation sites (tertiary alicyclic amines) is 1. The summed E-state index contributed by atoms with van der Waals surface area (Å²) in [5.41, 5.74) is 5.39. The van der Waals surface area contributed by atoms with Gasteiger partial charge in [-0.3, -0.25) is 14.5 Å². The number of hydrogen-bond donors (Lipinski definition) is 2. The van der Waals surface area contributed by atoms with E-state index in [1.807, 2.05) is 30.3 Å². The number of phenolic OH excluding ortho intramolecular Hbond substituents is 1. The Kier molecular flexibility index (Phi) is 6.86. The molecule has 4 atom stereocenters. The first-order valence-corrected chi connectivity index (χ1v) is 12.8. The van der Waals surface area contributed by atoms with E-state index in [4.69, 9.17) is 4.65 Å². The van der Waals surface area contributed by atoms with E-state index >= 15 is 0 Å². The summed E-state index contributed by atoms with van der Waals surface area (Å²) in [7, 11) is 0.601. The molecule has 3 aliphatic rings. The predicted molar refractivity (Wildman–Crippen MR) is 139 cm³/mol. The Balaban J connectivity index is 1.46. The minimum atomic E-state index is -0.968. The lowest BCUT2D eigenvalue weighted by Gasteiger charge is -2.43. The molecule has 2 heterocycles. The van der Waals surface area contributed by atoms with Crippen molar-refractivity contribution in [1.82, 2.24) is 4.90 Å². The van der Waals surface area contributed by atoms with Gasteiger partial charge in [-0.1, -0.05) is 61.0 Å². The standard InChI is InChI=1S/C29H32BNO5/c1-3-19-16-23-27(29(34)31(2)28(23)33)24-17-30(35)36-25(26(19)24)13-12-21(20-9-5-4-6-10-20)14-18-8-7-11-22(32)15-18/h4-11,14-15,23-25,27,32,35H,3,12-13,16-17H2,1-2H3/b21-14-/t23-,24+,25-,27-/m1/s1. The molecule has 0 aromatic heterocycles. The molecule has 6 nitrogen and oxygen atoms in total. The molecule has 0 unspecified atom stereocenters. The van der Waals surface area contributed by atoms with Gasteiger partial charge in [-0.15, -0.1) is 0 Å². The van der Waals surface area contributed by atoms with Crippen LogP contribution in [0.15, 0.2) is 65.7 Å². The summed E-state index contributed by atoms with van der Waals surface area (Å²) in [6.07, 6.45) is 4.80. The molecule has 0 spiro atoms. The summed E-state index contributed by atoms with van der Waals surface area (Å²) in [6, 6.07) is 17.3. The van der Waals surface area contributed by atoms with Crippen LogP contribution in [0.3, 0.4) is 0 Å². The van der Waals surface area contributed by atoms with Crippen molar-refractivity contribution in [2.45, 2.75) is 45.0 Å². The van der Waals surface area contributed by atoms with Crippen molar-refractivity contribution in [2.24, 2.45) is 17.8 Å². The monoisotopic (exact) mass is 485 g/mol. The maximum absolute atomic E-state index is 13.0. The van der Waals surface area contributed by atoms with Crippen molar-refractivity contribution in [3.63, 3.8) is 0 Å². The lowest BCUT2D eigenvalue weighted by atomic mass is 9.58. The second-order valence-electron chi connectivity index (χ2n) is 10.1. The highest BCUT2D eigenvalue weighted by atomic mass is 16.5. The van der Waals surface area contributed by atoms with E-state index in [1.165, 1.54) is 10.5 Å². The van der Waals surface area contributed by atoms with Crippen molar-refractivity contribution in [3.8, 4) is 5.75 Å². The molecule has 2 aromatic rings. The Morgan fingerprint density at radius 3 is 2.61 bits per heavy atom. The molecule has 0 saturated carbocycles. The van der Waals surface area contributed by atoms with E-state index in [0.29, 0.717) is 25.6 Å². The molecule has 5 rings (SSSR count). The van der Waals surface area contributed by atoms with Gasteiger partial charge in [0.25, 0.3) is 0 Å². The van der Waals surface area contributed by atoms with Crippen LogP contribution >= 0.6 is 0 Å². The second-order valence-corrected chi connectivity index (χ2v) is 10.1. The second kappa shape index (κ2) is 10.1. The Morgan fingerprint density at radius 1 is 1.11 bits per heavy atom. The number of fused-ring (bicyclic) bond motifs is 3. The number of benzene rings is 2. The number of imide groups is 1. The van der Waals surface area contributed by atoms with Gasteiger partial charge in [-0.25, -0.2) is 0 Å². The van der Waals surface area contributed by atoms with Crippen molar-refractivity contribution >= 4 is 30.6 Å². The fraction of sp³-hybridized carbons (Fsp3) is 0.379. The highest BCUT2D eigenvalue weighted by molar-refractivity contribution is 6.43. The Morgan fingerprint density at radius 2 is 1.89 bits per heavy atom. The lowest BCUT2D eigenvalue weighted by molar-refractivity contribution is -0.138. The highest BCUT2D eigenvalue weighted by Gasteiger charge is 2.56. The largest absolute Gasteiger partial charge is 0.508 e. The minimum Gasteiger partial charge on any atom is -0.508 e. The van der Waals surface area contributed by atoms with Crippen molar-refractivity contribution in [2.75, 3.05) is 7.05 Å². The molecular weight excluding hydrogens is 453 g/mol. The van der Waals surface area contributed by atoms with Crippen LogP contribution in [0.2, 0.25) is 6.32 Å². The molecule has 7 heteroatoms. The third-order valence-corrected chi connectivity index (χ3v) is 7.99. The number of carbonyl (C=O) groups is 2. The summed E-state index contributed by atoms with van der Waals surface area (Å²) in [4.78, 5) is 27.1. The Bertz CT molecular complexity index is 1220. The zero-order valence-corrected chi connectivity index (χ0v) is 20.8. The summed E-state index contributed by atoms with van der Waals surface area (Å²) < 4.78 is 6.10. The SMILES string of the molecule is CCC1=C2[C@@H](CC/C(=C/c3cccc(O)c3)c3ccccc3)OB(O)C[C@@H]2[C@@H]2C(=O)N(C)C(=O)[C@@H]2C1. The molecule has 2 fully saturated rings. The Labute approximate surface area is 212 Å². The summed E-state index contributed by atoms with van der Waals surface area (Å²) in [5.74, 6) is -0.942. The van der Waals surface area contributed by atoms with Crippen molar-refractivity contribution < 1.29 is 24.4 Å². The van der Waals surface area contributed by atoms with Crippen LogP contribution in [-0.2, 0) is 14.2 Å². The van der Waals surface area contributed by atoms with E-state index < -0.39 is 13.0 Å². The van der Waals surface area contributed by atoms with E-state index in [1.54, 1.807) is 19.2 Å². The first kappa shape index (κ1) is 24.5. The van der Waals surface area contributed by atoms with Crippen LogP contribution in [0.25, 0.3) is 11.6 Å². The summed E-state index contributed by atoms with van der Waals surface area (Å²) in [6.45, 7) is 2.09. The van der Waals surface area contributed by atoms with Crippen molar-refractivity contribution in [3.05, 3.63) is 76.9 Å². The van der Waals surface area contributed by atoms with Crippen LogP contribution < -0.4 is 0 Å². The van der Waals surface area contributed by atoms with E-state index in [2.05, 4.69) is 25.1 Å². The van der Waals surface area contributed by atoms with Gasteiger partial charge < -0.3 is 14.8 Å². The number of aromatic hydroxyl groups is 1. The number of rotatable bonds is 6. The fourth-order valence-electron chi connectivity index (χ4n) is 6.31. The molecule has 1 aliphatic carbocycles. The molecular formula is C29H32BNO5. The van der Waals surface area contributed by atoms with Gasteiger partial charge in [0.15, 0.2) is 0 Å². The number of nitrogens with zero attached hydrogens (tertiary/aromatic N) is 1. The van der Waals surface area contributed by atoms with Crippen LogP contribution in [0.4, 0.5) is 0 Å². The first-order chi connectivity index (χ1) is 17.4. The molecule has 2 aliphatic heterocycles. The maximum atomic E-state index is 13.0. The van der Waals surface area contributed by atoms with Gasteiger partial charge in [0, 0.05) is 7.05 Å². The fourth-order valence-corrected chi connectivity index (χ4v) is 6.31. The van der Waals surface area contributed by atoms with Gasteiger partial charge in [-0.05, 0) is 72.3 Å². The predicted octanol–water partition coefficient (Wildman–Crippen LogP) is 4.55. The Hall–Kier alpha value is -3.16. The molecule has 2 saturated heterocycles. The van der Waals surface area contributed by atoms with E-state index in [-0.39, 0.29) is 35.5 Å². The summed E-state index contributed by atoms with van der Waals surface area (Å²) >= 11 is 0. The third kappa shape index (κ3) is 4.53. The average molecular weight is 485 g/mol. The molecule has 186 valence electrons. The summed E-state index contributed by atoms with van der Waals surface area (Å²) in [5, 5.41) is 20.6. The quantitative estimate of drug-likeness (QED) is 0.271. The van der Waals surface area contributed by atoms with Crippen LogP contribution in [0.1, 0.15) is 43.7 Å². The number of carbonyl (C=O) groups excluding carboxylic acids is 2. The molecule has 2 N–H and O–H groups in total. The normalized spacial score (nSPS) is 26.4. The zero-order valence-electron chi connectivity index (χ0n) is 20.8. The van der Waals surface area contributed by atoms with E-state index in [9.17, 15) is 19.7 Å². The molecule has 0 radical (unpaired) electrons. The third-order valence-electron chi connectivity index (χ3n) is 7.99. The number of phenols is 1.